The Kier molecular flexibility index (Phi) is 10.4. The normalized spacial score (nSPS) is 29.9. The van der Waals surface area contributed by atoms with Crippen molar-refractivity contribution in [2.75, 3.05) is 14.2 Å². The summed E-state index contributed by atoms with van der Waals surface area (Å²) in [6.07, 6.45) is 15.3. The molecule has 0 amide bonds. The first kappa shape index (κ1) is 38.5. The lowest BCUT2D eigenvalue weighted by molar-refractivity contribution is -0.145. The number of hydrogen-bond donors (Lipinski definition) is 0. The summed E-state index contributed by atoms with van der Waals surface area (Å²) in [7, 11) is 3.42. The monoisotopic (exact) mass is 784 g/mol. The van der Waals surface area contributed by atoms with Crippen molar-refractivity contribution in [3.63, 3.8) is 0 Å². The molecule has 11 rings (SSSR count). The van der Waals surface area contributed by atoms with Gasteiger partial charge in [0, 0.05) is 0 Å². The first-order valence-corrected chi connectivity index (χ1v) is 21.5. The molecule has 0 aliphatic heterocycles. The predicted molar refractivity (Wildman–Crippen MR) is 221 cm³/mol. The molecule has 0 N–H and O–H groups in total. The first-order valence-electron chi connectivity index (χ1n) is 21.5. The summed E-state index contributed by atoms with van der Waals surface area (Å²) in [5.74, 6) is 3.48. The number of rotatable bonds is 12. The number of fused-ring (bicyclic) bond motifs is 6. The molecule has 7 fully saturated rings. The van der Waals surface area contributed by atoms with Gasteiger partial charge in [0.05, 0.1) is 26.1 Å². The minimum atomic E-state index is -0.245. The molecule has 58 heavy (non-hydrogen) atoms. The molecular weight excluding hydrogens is 729 g/mol. The highest BCUT2D eigenvalue weighted by molar-refractivity contribution is 5.78. The zero-order valence-electron chi connectivity index (χ0n) is 34.0. The van der Waals surface area contributed by atoms with Gasteiger partial charge in [-0.1, -0.05) is 24.3 Å². The van der Waals surface area contributed by atoms with E-state index in [4.69, 9.17) is 28.4 Å². The largest absolute Gasteiger partial charge is 0.497 e. The van der Waals surface area contributed by atoms with Gasteiger partial charge in [-0.05, 0) is 197 Å². The smallest absolute Gasteiger partial charge is 0.314 e. The van der Waals surface area contributed by atoms with Crippen LogP contribution in [0, 0.1) is 11.8 Å². The van der Waals surface area contributed by atoms with Gasteiger partial charge < -0.3 is 28.4 Å². The highest BCUT2D eigenvalue weighted by Gasteiger charge is 2.52. The van der Waals surface area contributed by atoms with E-state index in [-0.39, 0.29) is 45.8 Å². The average Bonchev–Trinajstić information content (AvgIpc) is 3.29. The van der Waals surface area contributed by atoms with Gasteiger partial charge in [0.1, 0.15) is 45.7 Å². The Balaban J connectivity index is 0.703. The van der Waals surface area contributed by atoms with Crippen LogP contribution in [0.4, 0.5) is 0 Å². The number of carbonyl (C=O) groups excluding carboxylic acids is 2. The van der Waals surface area contributed by atoms with Crippen LogP contribution < -0.4 is 28.4 Å². The van der Waals surface area contributed by atoms with E-state index in [2.05, 4.69) is 48.5 Å². The van der Waals surface area contributed by atoms with Crippen LogP contribution in [0.15, 0.2) is 97.1 Å². The molecule has 0 atom stereocenters. The van der Waals surface area contributed by atoms with Crippen molar-refractivity contribution in [1.82, 2.24) is 0 Å². The van der Waals surface area contributed by atoms with Gasteiger partial charge in [0.2, 0.25) is 0 Å². The van der Waals surface area contributed by atoms with E-state index in [9.17, 15) is 9.59 Å². The number of carbonyl (C=O) groups is 2. The van der Waals surface area contributed by atoms with Crippen molar-refractivity contribution in [2.45, 2.75) is 125 Å². The molecular formula is C50H56O8. The van der Waals surface area contributed by atoms with E-state index in [1.54, 1.807) is 14.2 Å². The second-order valence-electron chi connectivity index (χ2n) is 17.9. The van der Waals surface area contributed by atoms with E-state index in [0.29, 0.717) is 37.2 Å². The maximum Gasteiger partial charge on any atom is 0.314 e. The highest BCUT2D eigenvalue weighted by atomic mass is 16.5. The van der Waals surface area contributed by atoms with Crippen molar-refractivity contribution in [1.29, 1.82) is 0 Å². The van der Waals surface area contributed by atoms with Crippen molar-refractivity contribution < 1.29 is 38.0 Å². The Hall–Kier alpha value is -4.98. The third-order valence-electron chi connectivity index (χ3n) is 14.9. The zero-order chi connectivity index (χ0) is 39.8. The maximum absolute atomic E-state index is 13.2. The Morgan fingerprint density at radius 2 is 0.672 bits per heavy atom. The lowest BCUT2D eigenvalue weighted by atomic mass is 9.56. The zero-order valence-corrected chi connectivity index (χ0v) is 34.0. The van der Waals surface area contributed by atoms with Crippen LogP contribution >= 0.6 is 0 Å². The fourth-order valence-electron chi connectivity index (χ4n) is 11.0. The van der Waals surface area contributed by atoms with Crippen LogP contribution in [-0.4, -0.2) is 37.4 Å². The maximum atomic E-state index is 13.2. The fourth-order valence-corrected chi connectivity index (χ4v) is 11.0. The molecule has 0 unspecified atom stereocenters. The van der Waals surface area contributed by atoms with Gasteiger partial charge in [-0.25, -0.2) is 0 Å². The molecule has 7 aliphatic carbocycles. The summed E-state index contributed by atoms with van der Waals surface area (Å²) in [6, 6.07) is 32.2. The first-order chi connectivity index (χ1) is 28.2. The summed E-state index contributed by atoms with van der Waals surface area (Å²) in [5, 5.41) is 0. The molecule has 0 radical (unpaired) electrons. The molecule has 0 heterocycles. The lowest BCUT2D eigenvalue weighted by Gasteiger charge is -2.53. The Bertz CT molecular complexity index is 1860. The summed E-state index contributed by atoms with van der Waals surface area (Å²) in [5.41, 5.74) is 3.02. The molecule has 0 aromatic heterocycles. The summed E-state index contributed by atoms with van der Waals surface area (Å²) in [6.45, 7) is 0. The van der Waals surface area contributed by atoms with Gasteiger partial charge >= 0.3 is 11.9 Å². The molecule has 7 aliphatic rings. The van der Waals surface area contributed by atoms with Gasteiger partial charge in [0.25, 0.3) is 0 Å². The lowest BCUT2D eigenvalue weighted by Crippen LogP contribution is -2.51. The minimum absolute atomic E-state index is 0.136. The van der Waals surface area contributed by atoms with Crippen LogP contribution in [0.2, 0.25) is 0 Å². The Morgan fingerprint density at radius 3 is 0.966 bits per heavy atom. The Morgan fingerprint density at radius 1 is 0.397 bits per heavy atom. The highest BCUT2D eigenvalue weighted by Crippen LogP contribution is 2.56. The van der Waals surface area contributed by atoms with Crippen molar-refractivity contribution in [3.8, 4) is 34.5 Å². The molecule has 4 aromatic carbocycles. The van der Waals surface area contributed by atoms with Crippen LogP contribution in [0.5, 0.6) is 34.5 Å². The molecule has 4 aromatic rings. The summed E-state index contributed by atoms with van der Waals surface area (Å²) >= 11 is 0. The summed E-state index contributed by atoms with van der Waals surface area (Å²) < 4.78 is 35.7. The molecule has 8 nitrogen and oxygen atoms in total. The van der Waals surface area contributed by atoms with E-state index in [1.807, 2.05) is 48.5 Å². The Labute approximate surface area is 342 Å². The van der Waals surface area contributed by atoms with E-state index >= 15 is 0 Å². The number of esters is 2. The standard InChI is InChI=1S/C50H56O8/c1-53-39-11-7-37(8-12-39)47-23-29-49(30-24-47,31-25-47)57-43-19-15-41(16-20-43)55-45(51)35-3-5-36(6-4-35)46(52)56-42-17-21-44(22-18-42)58-50-32-26-48(27-33-50,28-34-50)38-9-13-40(54-2)14-10-38/h7-22,35-36H,3-6,23-34H2,1-2H3. The molecule has 7 saturated carbocycles. The number of methoxy groups -OCH3 is 2. The van der Waals surface area contributed by atoms with Gasteiger partial charge in [0.15, 0.2) is 0 Å². The third kappa shape index (κ3) is 7.67. The molecule has 4 bridgehead atoms. The van der Waals surface area contributed by atoms with Crippen molar-refractivity contribution >= 4 is 11.9 Å². The number of benzene rings is 4. The van der Waals surface area contributed by atoms with Crippen LogP contribution in [-0.2, 0) is 20.4 Å². The van der Waals surface area contributed by atoms with Crippen LogP contribution in [0.25, 0.3) is 0 Å². The van der Waals surface area contributed by atoms with Gasteiger partial charge in [-0.3, -0.25) is 9.59 Å². The van der Waals surface area contributed by atoms with Crippen molar-refractivity contribution in [3.05, 3.63) is 108 Å². The van der Waals surface area contributed by atoms with Crippen LogP contribution in [0.3, 0.4) is 0 Å². The van der Waals surface area contributed by atoms with Gasteiger partial charge in [-0.15, -0.1) is 0 Å². The SMILES string of the molecule is COc1ccc(C23CCC(Oc4ccc(OC(=O)C5CCC(C(=O)Oc6ccc(OC78CCC(c9ccc(OC)cc9)(CC7)CC8)cc6)CC5)cc4)(CC2)CC3)cc1. The van der Waals surface area contributed by atoms with Crippen LogP contribution in [0.1, 0.15) is 114 Å². The second kappa shape index (κ2) is 15.6. The van der Waals surface area contributed by atoms with E-state index in [1.165, 1.54) is 11.1 Å². The summed E-state index contributed by atoms with van der Waals surface area (Å²) in [4.78, 5) is 26.3. The van der Waals surface area contributed by atoms with Crippen molar-refractivity contribution in [2.24, 2.45) is 11.8 Å². The molecule has 0 spiro atoms. The third-order valence-corrected chi connectivity index (χ3v) is 14.9. The quantitative estimate of drug-likeness (QED) is 0.104. The fraction of sp³-hybridized carbons (Fsp3) is 0.480. The van der Waals surface area contributed by atoms with E-state index < -0.39 is 0 Å². The predicted octanol–water partition coefficient (Wildman–Crippen LogP) is 10.9. The molecule has 0 saturated heterocycles. The number of hydrogen-bond acceptors (Lipinski definition) is 8. The molecule has 8 heteroatoms. The topological polar surface area (TPSA) is 89.5 Å². The average molecular weight is 785 g/mol. The second-order valence-corrected chi connectivity index (χ2v) is 17.9. The van der Waals surface area contributed by atoms with E-state index in [0.717, 1.165) is 100 Å². The molecule has 304 valence electrons. The minimum Gasteiger partial charge on any atom is -0.497 e. The number of ether oxygens (including phenoxy) is 6. The van der Waals surface area contributed by atoms with Gasteiger partial charge in [-0.2, -0.15) is 0 Å².